The number of fused-ring (bicyclic) bond motifs is 1. The van der Waals surface area contributed by atoms with Crippen LogP contribution in [0.2, 0.25) is 5.02 Å². The number of halogens is 1. The van der Waals surface area contributed by atoms with E-state index in [4.69, 9.17) is 16.6 Å². The molecule has 0 amide bonds. The summed E-state index contributed by atoms with van der Waals surface area (Å²) in [5.41, 5.74) is 0.819. The Hall–Kier alpha value is -2.47. The largest absolute Gasteiger partial charge is 0.331 e. The zero-order chi connectivity index (χ0) is 18.4. The molecule has 27 heavy (non-hydrogen) atoms. The van der Waals surface area contributed by atoms with E-state index in [1.165, 1.54) is 12.8 Å². The second-order valence-corrected chi connectivity index (χ2v) is 7.84. The lowest BCUT2D eigenvalue weighted by atomic mass is 10.1. The van der Waals surface area contributed by atoms with Crippen molar-refractivity contribution in [2.45, 2.75) is 38.3 Å². The van der Waals surface area contributed by atoms with E-state index in [-0.39, 0.29) is 11.6 Å². The number of hydrogen-bond donors (Lipinski definition) is 0. The van der Waals surface area contributed by atoms with Gasteiger partial charge in [0.2, 0.25) is 5.95 Å². The van der Waals surface area contributed by atoms with Gasteiger partial charge in [0.15, 0.2) is 0 Å². The minimum atomic E-state index is 0.00207. The van der Waals surface area contributed by atoms with Crippen LogP contribution in [0.3, 0.4) is 0 Å². The van der Waals surface area contributed by atoms with Gasteiger partial charge in [-0.25, -0.2) is 15.0 Å². The van der Waals surface area contributed by atoms with Gasteiger partial charge in [0.05, 0.1) is 34.4 Å². The number of rotatable bonds is 4. The first-order chi connectivity index (χ1) is 13.2. The molecule has 0 bridgehead atoms. The SMILES string of the molecule is O=c1c2ccccc2nc(C2CCCN2c2ncc(Cl)cn2)n1CC1CC1. The highest BCUT2D eigenvalue weighted by Gasteiger charge is 2.33. The van der Waals surface area contributed by atoms with Crippen LogP contribution in [-0.4, -0.2) is 26.1 Å². The number of benzene rings is 1. The first kappa shape index (κ1) is 16.7. The molecule has 1 unspecified atom stereocenters. The Morgan fingerprint density at radius 1 is 1.11 bits per heavy atom. The standard InChI is InChI=1S/C20H20ClN5O/c21-14-10-22-20(23-11-14)25-9-3-6-17(25)18-24-16-5-2-1-4-15(16)19(27)26(18)12-13-7-8-13/h1-2,4-5,10-11,13,17H,3,6-9,12H2. The third-order valence-electron chi connectivity index (χ3n) is 5.44. The van der Waals surface area contributed by atoms with Crippen molar-refractivity contribution in [3.05, 3.63) is 57.9 Å². The first-order valence-electron chi connectivity index (χ1n) is 9.44. The summed E-state index contributed by atoms with van der Waals surface area (Å²) < 4.78 is 1.90. The number of hydrogen-bond acceptors (Lipinski definition) is 5. The summed E-state index contributed by atoms with van der Waals surface area (Å²) in [4.78, 5) is 29.1. The Labute approximate surface area is 161 Å². The van der Waals surface area contributed by atoms with Crippen LogP contribution in [0.15, 0.2) is 41.5 Å². The molecule has 1 atom stereocenters. The first-order valence-corrected chi connectivity index (χ1v) is 9.82. The van der Waals surface area contributed by atoms with Gasteiger partial charge < -0.3 is 4.90 Å². The quantitative estimate of drug-likeness (QED) is 0.691. The van der Waals surface area contributed by atoms with Gasteiger partial charge in [0, 0.05) is 13.1 Å². The van der Waals surface area contributed by atoms with Gasteiger partial charge >= 0.3 is 0 Å². The second kappa shape index (κ2) is 6.60. The molecule has 1 saturated carbocycles. The van der Waals surface area contributed by atoms with E-state index < -0.39 is 0 Å². The van der Waals surface area contributed by atoms with Crippen LogP contribution in [0.4, 0.5) is 5.95 Å². The lowest BCUT2D eigenvalue weighted by Crippen LogP contribution is -2.33. The number of aromatic nitrogens is 4. The van der Waals surface area contributed by atoms with Gasteiger partial charge in [-0.1, -0.05) is 23.7 Å². The Bertz CT molecular complexity index is 1040. The minimum absolute atomic E-state index is 0.00207. The number of para-hydroxylation sites is 1. The van der Waals surface area contributed by atoms with E-state index in [2.05, 4.69) is 14.9 Å². The van der Waals surface area contributed by atoms with Crippen LogP contribution < -0.4 is 10.5 Å². The predicted molar refractivity (Wildman–Crippen MR) is 105 cm³/mol. The molecule has 3 aromatic rings. The molecule has 1 aromatic carbocycles. The van der Waals surface area contributed by atoms with Crippen LogP contribution in [0.1, 0.15) is 37.5 Å². The van der Waals surface area contributed by atoms with E-state index in [1.807, 2.05) is 28.8 Å². The molecule has 1 saturated heterocycles. The molecule has 0 N–H and O–H groups in total. The highest BCUT2D eigenvalue weighted by Crippen LogP contribution is 2.36. The lowest BCUT2D eigenvalue weighted by Gasteiger charge is -2.26. The molecule has 3 heterocycles. The lowest BCUT2D eigenvalue weighted by molar-refractivity contribution is 0.524. The Balaban J connectivity index is 1.63. The van der Waals surface area contributed by atoms with Crippen molar-refractivity contribution in [2.75, 3.05) is 11.4 Å². The highest BCUT2D eigenvalue weighted by atomic mass is 35.5. The van der Waals surface area contributed by atoms with Crippen LogP contribution in [0.5, 0.6) is 0 Å². The van der Waals surface area contributed by atoms with Gasteiger partial charge in [-0.15, -0.1) is 0 Å². The van der Waals surface area contributed by atoms with Crippen molar-refractivity contribution in [2.24, 2.45) is 5.92 Å². The van der Waals surface area contributed by atoms with Crippen LogP contribution in [0.25, 0.3) is 10.9 Å². The summed E-state index contributed by atoms with van der Waals surface area (Å²) in [6.45, 7) is 1.59. The summed E-state index contributed by atoms with van der Waals surface area (Å²) in [6, 6.07) is 7.61. The Kier molecular flexibility index (Phi) is 4.08. The van der Waals surface area contributed by atoms with Gasteiger partial charge in [-0.3, -0.25) is 9.36 Å². The van der Waals surface area contributed by atoms with E-state index in [1.54, 1.807) is 12.4 Å². The molecule has 0 radical (unpaired) electrons. The van der Waals surface area contributed by atoms with E-state index in [0.717, 1.165) is 37.3 Å². The van der Waals surface area contributed by atoms with Crippen molar-refractivity contribution < 1.29 is 0 Å². The predicted octanol–water partition coefficient (Wildman–Crippen LogP) is 3.59. The molecule has 1 aliphatic carbocycles. The Morgan fingerprint density at radius 2 is 1.89 bits per heavy atom. The molecule has 0 spiro atoms. The average molecular weight is 382 g/mol. The molecular weight excluding hydrogens is 362 g/mol. The molecule has 2 aliphatic rings. The fourth-order valence-corrected chi connectivity index (χ4v) is 4.00. The number of nitrogens with zero attached hydrogens (tertiary/aromatic N) is 5. The van der Waals surface area contributed by atoms with Crippen molar-refractivity contribution in [3.8, 4) is 0 Å². The zero-order valence-corrected chi connectivity index (χ0v) is 15.6. The van der Waals surface area contributed by atoms with Crippen molar-refractivity contribution in [1.29, 1.82) is 0 Å². The van der Waals surface area contributed by atoms with Crippen LogP contribution >= 0.6 is 11.6 Å². The molecule has 1 aliphatic heterocycles. The van der Waals surface area contributed by atoms with E-state index in [9.17, 15) is 4.79 Å². The molecular formula is C20H20ClN5O. The summed E-state index contributed by atoms with van der Waals surface area (Å²) in [6.07, 6.45) is 7.56. The minimum Gasteiger partial charge on any atom is -0.331 e. The molecule has 6 nitrogen and oxygen atoms in total. The monoisotopic (exact) mass is 381 g/mol. The maximum absolute atomic E-state index is 13.2. The van der Waals surface area contributed by atoms with Gasteiger partial charge in [-0.05, 0) is 43.7 Å². The van der Waals surface area contributed by atoms with Gasteiger partial charge in [0.1, 0.15) is 5.82 Å². The van der Waals surface area contributed by atoms with Crippen LogP contribution in [-0.2, 0) is 6.54 Å². The summed E-state index contributed by atoms with van der Waals surface area (Å²) in [5, 5.41) is 1.21. The molecule has 2 aromatic heterocycles. The smallest absolute Gasteiger partial charge is 0.261 e. The fourth-order valence-electron chi connectivity index (χ4n) is 3.90. The molecule has 2 fully saturated rings. The van der Waals surface area contributed by atoms with E-state index in [0.29, 0.717) is 22.3 Å². The Morgan fingerprint density at radius 3 is 2.67 bits per heavy atom. The highest BCUT2D eigenvalue weighted by molar-refractivity contribution is 6.30. The maximum atomic E-state index is 13.2. The second-order valence-electron chi connectivity index (χ2n) is 7.40. The normalized spacial score (nSPS) is 19.7. The summed E-state index contributed by atoms with van der Waals surface area (Å²) in [7, 11) is 0. The fraction of sp³-hybridized carbons (Fsp3) is 0.400. The number of anilines is 1. The third kappa shape index (κ3) is 3.08. The summed E-state index contributed by atoms with van der Waals surface area (Å²) >= 11 is 5.95. The third-order valence-corrected chi connectivity index (χ3v) is 5.64. The maximum Gasteiger partial charge on any atom is 0.261 e. The molecule has 138 valence electrons. The van der Waals surface area contributed by atoms with Crippen molar-refractivity contribution in [1.82, 2.24) is 19.5 Å². The zero-order valence-electron chi connectivity index (χ0n) is 14.9. The molecule has 7 heteroatoms. The van der Waals surface area contributed by atoms with Gasteiger partial charge in [0.25, 0.3) is 5.56 Å². The topological polar surface area (TPSA) is 63.9 Å². The molecule has 5 rings (SSSR count). The van der Waals surface area contributed by atoms with Crippen molar-refractivity contribution >= 4 is 28.5 Å². The summed E-state index contributed by atoms with van der Waals surface area (Å²) in [5.74, 6) is 2.06. The average Bonchev–Trinajstić information content (AvgIpc) is 3.38. The van der Waals surface area contributed by atoms with Crippen LogP contribution in [0, 0.1) is 5.92 Å². The van der Waals surface area contributed by atoms with Crippen molar-refractivity contribution in [3.63, 3.8) is 0 Å². The van der Waals surface area contributed by atoms with Gasteiger partial charge in [-0.2, -0.15) is 0 Å². The van der Waals surface area contributed by atoms with E-state index >= 15 is 0 Å².